The topological polar surface area (TPSA) is 29.5 Å². The minimum absolute atomic E-state index is 0.233. The molecule has 1 amide bonds. The maximum atomic E-state index is 12.8. The lowest BCUT2D eigenvalue weighted by Crippen LogP contribution is -2.38. The second-order valence-corrected chi connectivity index (χ2v) is 5.87. The monoisotopic (exact) mass is 349 g/mol. The number of anilines is 1. The van der Waals surface area contributed by atoms with Crippen LogP contribution in [0.1, 0.15) is 36.1 Å². The van der Waals surface area contributed by atoms with E-state index in [4.69, 9.17) is 4.74 Å². The molecule has 1 heterocycles. The summed E-state index contributed by atoms with van der Waals surface area (Å²) in [6.07, 6.45) is -3.49. The van der Waals surface area contributed by atoms with Crippen molar-refractivity contribution in [3.05, 3.63) is 65.2 Å². The number of carbonyl (C=O) groups is 1. The molecule has 6 heteroatoms. The van der Waals surface area contributed by atoms with Gasteiger partial charge < -0.3 is 4.74 Å². The Balaban J connectivity index is 1.98. The summed E-state index contributed by atoms with van der Waals surface area (Å²) < 4.78 is 43.5. The number of benzene rings is 2. The van der Waals surface area contributed by atoms with Crippen LogP contribution in [-0.4, -0.2) is 12.7 Å². The third kappa shape index (κ3) is 3.48. The van der Waals surface area contributed by atoms with E-state index < -0.39 is 17.8 Å². The number of halogens is 3. The molecule has 1 aliphatic rings. The molecule has 1 unspecified atom stereocenters. The first kappa shape index (κ1) is 17.3. The molecule has 0 fully saturated rings. The SMILES string of the molecule is CCOC(=O)N1c2ccccc2CCC1c1ccc(C(F)(F)F)cc1. The molecule has 0 aromatic heterocycles. The van der Waals surface area contributed by atoms with E-state index in [1.165, 1.54) is 12.1 Å². The molecule has 3 nitrogen and oxygen atoms in total. The number of nitrogens with zero attached hydrogens (tertiary/aromatic N) is 1. The number of alkyl halides is 3. The Kier molecular flexibility index (Phi) is 4.70. The second-order valence-electron chi connectivity index (χ2n) is 5.87. The molecule has 3 rings (SSSR count). The van der Waals surface area contributed by atoms with Gasteiger partial charge in [-0.25, -0.2) is 4.79 Å². The molecule has 2 aromatic carbocycles. The summed E-state index contributed by atoms with van der Waals surface area (Å²) in [5.41, 5.74) is 1.74. The number of carbonyl (C=O) groups excluding carboxylic acids is 1. The van der Waals surface area contributed by atoms with E-state index in [1.54, 1.807) is 11.8 Å². The lowest BCUT2D eigenvalue weighted by Gasteiger charge is -2.36. The van der Waals surface area contributed by atoms with Gasteiger partial charge in [0.05, 0.1) is 23.9 Å². The Morgan fingerprint density at radius 2 is 1.84 bits per heavy atom. The largest absolute Gasteiger partial charge is 0.449 e. The zero-order valence-corrected chi connectivity index (χ0v) is 13.7. The van der Waals surface area contributed by atoms with Gasteiger partial charge >= 0.3 is 12.3 Å². The van der Waals surface area contributed by atoms with Crippen LogP contribution in [0.15, 0.2) is 48.5 Å². The molecule has 132 valence electrons. The summed E-state index contributed by atoms with van der Waals surface area (Å²) in [5.74, 6) is 0. The lowest BCUT2D eigenvalue weighted by molar-refractivity contribution is -0.137. The van der Waals surface area contributed by atoms with E-state index in [9.17, 15) is 18.0 Å². The fourth-order valence-electron chi connectivity index (χ4n) is 3.18. The van der Waals surface area contributed by atoms with E-state index in [2.05, 4.69) is 0 Å². The molecule has 0 saturated heterocycles. The number of hydrogen-bond acceptors (Lipinski definition) is 2. The quantitative estimate of drug-likeness (QED) is 0.731. The first-order valence-corrected chi connectivity index (χ1v) is 8.13. The van der Waals surface area contributed by atoms with Crippen LogP contribution >= 0.6 is 0 Å². The number of rotatable bonds is 2. The van der Waals surface area contributed by atoms with Crippen molar-refractivity contribution < 1.29 is 22.7 Å². The Hall–Kier alpha value is -2.50. The van der Waals surface area contributed by atoms with Gasteiger partial charge in [0.2, 0.25) is 0 Å². The normalized spacial score (nSPS) is 17.1. The van der Waals surface area contributed by atoms with Crippen LogP contribution in [0.4, 0.5) is 23.7 Å². The fourth-order valence-corrected chi connectivity index (χ4v) is 3.18. The third-order valence-electron chi connectivity index (χ3n) is 4.34. The van der Waals surface area contributed by atoms with Crippen molar-refractivity contribution in [3.63, 3.8) is 0 Å². The summed E-state index contributed by atoms with van der Waals surface area (Å²) >= 11 is 0. The second kappa shape index (κ2) is 6.78. The van der Waals surface area contributed by atoms with Gasteiger partial charge in [0, 0.05) is 0 Å². The van der Waals surface area contributed by atoms with E-state index in [0.29, 0.717) is 12.0 Å². The zero-order valence-electron chi connectivity index (χ0n) is 13.7. The maximum absolute atomic E-state index is 12.8. The van der Waals surface area contributed by atoms with Gasteiger partial charge in [0.25, 0.3) is 0 Å². The molecular weight excluding hydrogens is 331 g/mol. The molecule has 0 bridgehead atoms. The minimum atomic E-state index is -4.38. The number of para-hydroxylation sites is 1. The van der Waals surface area contributed by atoms with Gasteiger partial charge in [-0.15, -0.1) is 0 Å². The van der Waals surface area contributed by atoms with Crippen molar-refractivity contribution in [3.8, 4) is 0 Å². The van der Waals surface area contributed by atoms with Crippen LogP contribution < -0.4 is 4.90 Å². The number of hydrogen-bond donors (Lipinski definition) is 0. The van der Waals surface area contributed by atoms with Crippen LogP contribution in [0.2, 0.25) is 0 Å². The standard InChI is InChI=1S/C19H18F3NO2/c1-2-25-18(24)23-16-6-4-3-5-13(16)9-12-17(23)14-7-10-15(11-8-14)19(20,21)22/h3-8,10-11,17H,2,9,12H2,1H3. The first-order chi connectivity index (χ1) is 11.9. The molecule has 0 spiro atoms. The van der Waals surface area contributed by atoms with Gasteiger partial charge in [0.1, 0.15) is 0 Å². The summed E-state index contributed by atoms with van der Waals surface area (Å²) in [6.45, 7) is 1.96. The summed E-state index contributed by atoms with van der Waals surface area (Å²) in [4.78, 5) is 14.0. The Morgan fingerprint density at radius 3 is 2.48 bits per heavy atom. The summed E-state index contributed by atoms with van der Waals surface area (Å²) in [7, 11) is 0. The molecule has 1 aliphatic heterocycles. The van der Waals surface area contributed by atoms with Crippen molar-refractivity contribution in [2.24, 2.45) is 0 Å². The number of ether oxygens (including phenoxy) is 1. The average Bonchev–Trinajstić information content (AvgIpc) is 2.60. The molecule has 0 N–H and O–H groups in total. The van der Waals surface area contributed by atoms with Crippen molar-refractivity contribution in [2.45, 2.75) is 32.0 Å². The average molecular weight is 349 g/mol. The smallest absolute Gasteiger partial charge is 0.416 e. The van der Waals surface area contributed by atoms with Gasteiger partial charge in [-0.05, 0) is 49.1 Å². The molecule has 0 saturated carbocycles. The van der Waals surface area contributed by atoms with Crippen molar-refractivity contribution in [1.82, 2.24) is 0 Å². The maximum Gasteiger partial charge on any atom is 0.416 e. The van der Waals surface area contributed by atoms with Crippen LogP contribution in [0, 0.1) is 0 Å². The first-order valence-electron chi connectivity index (χ1n) is 8.13. The van der Waals surface area contributed by atoms with Gasteiger partial charge in [-0.3, -0.25) is 4.90 Å². The third-order valence-corrected chi connectivity index (χ3v) is 4.34. The Labute approximate surface area is 144 Å². The number of aryl methyl sites for hydroxylation is 1. The van der Waals surface area contributed by atoms with Crippen molar-refractivity contribution >= 4 is 11.8 Å². The Bertz CT molecular complexity index is 756. The molecule has 0 aliphatic carbocycles. The van der Waals surface area contributed by atoms with Crippen LogP contribution in [0.3, 0.4) is 0 Å². The molecule has 0 radical (unpaired) electrons. The highest BCUT2D eigenvalue weighted by Gasteiger charge is 2.34. The fraction of sp³-hybridized carbons (Fsp3) is 0.316. The molecular formula is C19H18F3NO2. The summed E-state index contributed by atoms with van der Waals surface area (Å²) in [6, 6.07) is 12.2. The van der Waals surface area contributed by atoms with Crippen LogP contribution in [0.25, 0.3) is 0 Å². The highest BCUT2D eigenvalue weighted by molar-refractivity contribution is 5.90. The van der Waals surface area contributed by atoms with Crippen LogP contribution in [0.5, 0.6) is 0 Å². The van der Waals surface area contributed by atoms with Gasteiger partial charge in [-0.1, -0.05) is 30.3 Å². The van der Waals surface area contributed by atoms with E-state index in [1.807, 2.05) is 24.3 Å². The minimum Gasteiger partial charge on any atom is -0.449 e. The number of amides is 1. The molecule has 1 atom stereocenters. The predicted octanol–water partition coefficient (Wildman–Crippen LogP) is 5.36. The highest BCUT2D eigenvalue weighted by atomic mass is 19.4. The molecule has 25 heavy (non-hydrogen) atoms. The van der Waals surface area contributed by atoms with Crippen molar-refractivity contribution in [2.75, 3.05) is 11.5 Å². The summed E-state index contributed by atoms with van der Waals surface area (Å²) in [5, 5.41) is 0. The van der Waals surface area contributed by atoms with Gasteiger partial charge in [0.15, 0.2) is 0 Å². The molecule has 2 aromatic rings. The predicted molar refractivity (Wildman–Crippen MR) is 88.4 cm³/mol. The van der Waals surface area contributed by atoms with E-state index in [0.717, 1.165) is 29.8 Å². The highest BCUT2D eigenvalue weighted by Crippen LogP contribution is 2.39. The zero-order chi connectivity index (χ0) is 18.0. The Morgan fingerprint density at radius 1 is 1.16 bits per heavy atom. The lowest BCUT2D eigenvalue weighted by atomic mass is 9.91. The van der Waals surface area contributed by atoms with Gasteiger partial charge in [-0.2, -0.15) is 13.2 Å². The van der Waals surface area contributed by atoms with Crippen molar-refractivity contribution in [1.29, 1.82) is 0 Å². The van der Waals surface area contributed by atoms with E-state index >= 15 is 0 Å². The van der Waals surface area contributed by atoms with Crippen LogP contribution in [-0.2, 0) is 17.3 Å². The number of fused-ring (bicyclic) bond motifs is 1. The van der Waals surface area contributed by atoms with E-state index in [-0.39, 0.29) is 12.6 Å².